The molecular weight excluding hydrogens is 351 g/mol. The minimum absolute atomic E-state index is 0.379. The van der Waals surface area contributed by atoms with Crippen molar-refractivity contribution in [2.45, 2.75) is 20.0 Å². The Morgan fingerprint density at radius 2 is 2.11 bits per heavy atom. The molecule has 0 saturated carbocycles. The van der Waals surface area contributed by atoms with E-state index in [2.05, 4.69) is 28.0 Å². The molecule has 0 aliphatic carbocycles. The number of rotatable bonds is 4. The van der Waals surface area contributed by atoms with Crippen LogP contribution in [0.1, 0.15) is 18.3 Å². The van der Waals surface area contributed by atoms with Crippen LogP contribution in [0.2, 0.25) is 10.0 Å². The van der Waals surface area contributed by atoms with E-state index in [1.165, 1.54) is 0 Å². The molecule has 0 saturated heterocycles. The minimum atomic E-state index is 0.379. The second-order valence-corrected chi connectivity index (χ2v) is 5.68. The first-order valence-electron chi connectivity index (χ1n) is 5.81. The normalized spacial score (nSPS) is 10.8. The standard InChI is InChI=1S/C13H13BrCl2N2O/c1-3-10-13(14)11(18(2)17-10)7-19-12-6-8(15)4-5-9(12)16/h4-6H,3,7H2,1-2H3. The molecule has 0 atom stereocenters. The topological polar surface area (TPSA) is 27.1 Å². The molecule has 102 valence electrons. The van der Waals surface area contributed by atoms with Crippen LogP contribution in [0.4, 0.5) is 0 Å². The van der Waals surface area contributed by atoms with Crippen molar-refractivity contribution in [2.24, 2.45) is 7.05 Å². The van der Waals surface area contributed by atoms with Crippen LogP contribution in [-0.2, 0) is 20.1 Å². The van der Waals surface area contributed by atoms with Crippen LogP contribution in [0.3, 0.4) is 0 Å². The second kappa shape index (κ2) is 6.16. The largest absolute Gasteiger partial charge is 0.486 e. The highest BCUT2D eigenvalue weighted by Crippen LogP contribution is 2.29. The molecule has 0 N–H and O–H groups in total. The SMILES string of the molecule is CCc1nn(C)c(COc2cc(Cl)ccc2Cl)c1Br. The number of halogens is 3. The summed E-state index contributed by atoms with van der Waals surface area (Å²) in [6.07, 6.45) is 0.867. The van der Waals surface area contributed by atoms with Crippen molar-refractivity contribution in [3.63, 3.8) is 0 Å². The van der Waals surface area contributed by atoms with Crippen molar-refractivity contribution < 1.29 is 4.74 Å². The molecule has 19 heavy (non-hydrogen) atoms. The lowest BCUT2D eigenvalue weighted by Crippen LogP contribution is -2.04. The van der Waals surface area contributed by atoms with Crippen molar-refractivity contribution in [3.8, 4) is 5.75 Å². The molecule has 0 radical (unpaired) electrons. The second-order valence-electron chi connectivity index (χ2n) is 4.05. The number of aromatic nitrogens is 2. The Bertz CT molecular complexity index is 599. The fourth-order valence-electron chi connectivity index (χ4n) is 1.71. The smallest absolute Gasteiger partial charge is 0.139 e. The summed E-state index contributed by atoms with van der Waals surface area (Å²) < 4.78 is 8.50. The number of hydrogen-bond donors (Lipinski definition) is 0. The van der Waals surface area contributed by atoms with Crippen LogP contribution in [0, 0.1) is 0 Å². The molecule has 0 aliphatic rings. The molecule has 1 aromatic carbocycles. The van der Waals surface area contributed by atoms with Gasteiger partial charge >= 0.3 is 0 Å². The van der Waals surface area contributed by atoms with Gasteiger partial charge in [0.2, 0.25) is 0 Å². The van der Waals surface area contributed by atoms with Gasteiger partial charge in [-0.1, -0.05) is 30.1 Å². The summed E-state index contributed by atoms with van der Waals surface area (Å²) in [5.41, 5.74) is 1.98. The highest BCUT2D eigenvalue weighted by atomic mass is 79.9. The molecule has 0 bridgehead atoms. The summed E-state index contributed by atoms with van der Waals surface area (Å²) in [5.74, 6) is 0.570. The lowest BCUT2D eigenvalue weighted by Gasteiger charge is -2.09. The van der Waals surface area contributed by atoms with Crippen molar-refractivity contribution >= 4 is 39.1 Å². The van der Waals surface area contributed by atoms with E-state index in [4.69, 9.17) is 27.9 Å². The molecule has 1 aromatic heterocycles. The van der Waals surface area contributed by atoms with Gasteiger partial charge in [0.1, 0.15) is 12.4 Å². The third-order valence-corrected chi connectivity index (χ3v) is 4.22. The van der Waals surface area contributed by atoms with E-state index < -0.39 is 0 Å². The van der Waals surface area contributed by atoms with Gasteiger partial charge in [-0.25, -0.2) is 0 Å². The van der Waals surface area contributed by atoms with Crippen LogP contribution >= 0.6 is 39.1 Å². The quantitative estimate of drug-likeness (QED) is 0.791. The lowest BCUT2D eigenvalue weighted by atomic mass is 10.3. The van der Waals surface area contributed by atoms with Gasteiger partial charge in [0.15, 0.2) is 0 Å². The Balaban J connectivity index is 2.19. The zero-order valence-corrected chi connectivity index (χ0v) is 13.7. The average molecular weight is 364 g/mol. The van der Waals surface area contributed by atoms with Gasteiger partial charge in [-0.05, 0) is 34.5 Å². The Morgan fingerprint density at radius 3 is 2.74 bits per heavy atom. The molecule has 0 spiro atoms. The van der Waals surface area contributed by atoms with E-state index >= 15 is 0 Å². The Labute approximate surface area is 130 Å². The third kappa shape index (κ3) is 3.25. The van der Waals surface area contributed by atoms with E-state index in [1.807, 2.05) is 7.05 Å². The summed E-state index contributed by atoms with van der Waals surface area (Å²) >= 11 is 15.5. The number of nitrogens with zero attached hydrogens (tertiary/aromatic N) is 2. The fourth-order valence-corrected chi connectivity index (χ4v) is 2.78. The van der Waals surface area contributed by atoms with E-state index in [9.17, 15) is 0 Å². The van der Waals surface area contributed by atoms with Crippen molar-refractivity contribution in [2.75, 3.05) is 0 Å². The van der Waals surface area contributed by atoms with Gasteiger partial charge in [-0.3, -0.25) is 4.68 Å². The highest BCUT2D eigenvalue weighted by Gasteiger charge is 2.13. The fraction of sp³-hybridized carbons (Fsp3) is 0.308. The molecule has 2 rings (SSSR count). The monoisotopic (exact) mass is 362 g/mol. The first kappa shape index (κ1) is 14.7. The number of benzene rings is 1. The molecule has 0 amide bonds. The van der Waals surface area contributed by atoms with Crippen LogP contribution < -0.4 is 4.74 Å². The summed E-state index contributed by atoms with van der Waals surface area (Å²) in [5, 5.41) is 5.55. The zero-order chi connectivity index (χ0) is 14.0. The van der Waals surface area contributed by atoms with Crippen LogP contribution in [0.15, 0.2) is 22.7 Å². The third-order valence-electron chi connectivity index (χ3n) is 2.76. The molecule has 1 heterocycles. The van der Waals surface area contributed by atoms with Crippen LogP contribution in [0.5, 0.6) is 5.75 Å². The highest BCUT2D eigenvalue weighted by molar-refractivity contribution is 9.10. The summed E-state index contributed by atoms with van der Waals surface area (Å²) in [7, 11) is 1.89. The van der Waals surface area contributed by atoms with Gasteiger partial charge in [0, 0.05) is 18.1 Å². The van der Waals surface area contributed by atoms with E-state index in [0.29, 0.717) is 22.4 Å². The number of aryl methyl sites for hydroxylation is 2. The molecular formula is C13H13BrCl2N2O. The predicted molar refractivity (Wildman–Crippen MR) is 81.1 cm³/mol. The Kier molecular flexibility index (Phi) is 4.76. The van der Waals surface area contributed by atoms with Gasteiger partial charge in [0.05, 0.1) is 20.9 Å². The Hall–Kier alpha value is -0.710. The van der Waals surface area contributed by atoms with Crippen LogP contribution in [-0.4, -0.2) is 9.78 Å². The predicted octanol–water partition coefficient (Wildman–Crippen LogP) is 4.63. The first-order chi connectivity index (χ1) is 9.02. The molecule has 0 fully saturated rings. The van der Waals surface area contributed by atoms with Crippen molar-refractivity contribution in [1.29, 1.82) is 0 Å². The minimum Gasteiger partial charge on any atom is -0.486 e. The molecule has 6 heteroatoms. The van der Waals surface area contributed by atoms with Gasteiger partial charge < -0.3 is 4.74 Å². The maximum absolute atomic E-state index is 6.06. The van der Waals surface area contributed by atoms with Gasteiger partial charge in [-0.15, -0.1) is 0 Å². The van der Waals surface area contributed by atoms with Crippen molar-refractivity contribution in [1.82, 2.24) is 9.78 Å². The van der Waals surface area contributed by atoms with Crippen molar-refractivity contribution in [3.05, 3.63) is 44.1 Å². The van der Waals surface area contributed by atoms with E-state index in [-0.39, 0.29) is 0 Å². The average Bonchev–Trinajstić information content (AvgIpc) is 2.66. The van der Waals surface area contributed by atoms with Gasteiger partial charge in [0.25, 0.3) is 0 Å². The van der Waals surface area contributed by atoms with E-state index in [0.717, 1.165) is 22.3 Å². The Morgan fingerprint density at radius 1 is 1.37 bits per heavy atom. The van der Waals surface area contributed by atoms with Crippen LogP contribution in [0.25, 0.3) is 0 Å². The molecule has 0 unspecified atom stereocenters. The summed E-state index contributed by atoms with van der Waals surface area (Å²) in [6.45, 7) is 2.44. The number of ether oxygens (including phenoxy) is 1. The lowest BCUT2D eigenvalue weighted by molar-refractivity contribution is 0.294. The first-order valence-corrected chi connectivity index (χ1v) is 7.36. The van der Waals surface area contributed by atoms with Gasteiger partial charge in [-0.2, -0.15) is 5.10 Å². The maximum atomic E-state index is 6.06. The summed E-state index contributed by atoms with van der Waals surface area (Å²) in [6, 6.07) is 5.15. The number of hydrogen-bond acceptors (Lipinski definition) is 2. The maximum Gasteiger partial charge on any atom is 0.139 e. The molecule has 2 aromatic rings. The molecule has 3 nitrogen and oxygen atoms in total. The van der Waals surface area contributed by atoms with E-state index in [1.54, 1.807) is 22.9 Å². The summed E-state index contributed by atoms with van der Waals surface area (Å²) in [4.78, 5) is 0. The zero-order valence-electron chi connectivity index (χ0n) is 10.6. The molecule has 0 aliphatic heterocycles.